The van der Waals surface area contributed by atoms with Gasteiger partial charge in [0.05, 0.1) is 34.4 Å². The maximum Gasteiger partial charge on any atom is 0.416 e. The average molecular weight is 405 g/mol. The van der Waals surface area contributed by atoms with E-state index in [-0.39, 0.29) is 35.0 Å². The van der Waals surface area contributed by atoms with Crippen LogP contribution in [0.5, 0.6) is 0 Å². The monoisotopic (exact) mass is 404 g/mol. The Balaban J connectivity index is 2.34. The van der Waals surface area contributed by atoms with Crippen LogP contribution >= 0.6 is 11.6 Å². The lowest BCUT2D eigenvalue weighted by atomic mass is 9.89. The van der Waals surface area contributed by atoms with E-state index in [1.807, 2.05) is 0 Å². The molecule has 27 heavy (non-hydrogen) atoms. The minimum Gasteiger partial charge on any atom is -0.463 e. The molecule has 6 nitrogen and oxygen atoms in total. The fourth-order valence-corrected chi connectivity index (χ4v) is 2.79. The number of esters is 1. The topological polar surface area (TPSA) is 84.5 Å². The summed E-state index contributed by atoms with van der Waals surface area (Å²) in [6.07, 6.45) is -4.98. The molecule has 0 radical (unpaired) electrons. The van der Waals surface area contributed by atoms with Gasteiger partial charge in [0.2, 0.25) is 11.8 Å². The fraction of sp³-hybridized carbons (Fsp3) is 0.353. The van der Waals surface area contributed by atoms with Gasteiger partial charge in [-0.05, 0) is 32.0 Å². The molecule has 1 unspecified atom stereocenters. The molecule has 2 N–H and O–H groups in total. The molecule has 1 atom stereocenters. The number of rotatable bonds is 4. The predicted molar refractivity (Wildman–Crippen MR) is 90.7 cm³/mol. The zero-order chi connectivity index (χ0) is 20.4. The zero-order valence-electron chi connectivity index (χ0n) is 14.4. The van der Waals surface area contributed by atoms with Gasteiger partial charge in [0.1, 0.15) is 0 Å². The average Bonchev–Trinajstić information content (AvgIpc) is 2.55. The number of anilines is 1. The lowest BCUT2D eigenvalue weighted by molar-refractivity contribution is -0.141. The molecule has 0 aliphatic carbocycles. The Kier molecular flexibility index (Phi) is 6.15. The quantitative estimate of drug-likeness (QED) is 0.754. The highest BCUT2D eigenvalue weighted by atomic mass is 35.5. The summed E-state index contributed by atoms with van der Waals surface area (Å²) >= 11 is 5.87. The Hall–Kier alpha value is -2.55. The molecule has 2 amide bonds. The van der Waals surface area contributed by atoms with Gasteiger partial charge >= 0.3 is 12.1 Å². The maximum atomic E-state index is 12.9. The van der Waals surface area contributed by atoms with E-state index in [1.54, 1.807) is 6.92 Å². The Morgan fingerprint density at radius 3 is 2.63 bits per heavy atom. The molecule has 0 saturated carbocycles. The van der Waals surface area contributed by atoms with E-state index in [0.717, 1.165) is 12.1 Å². The van der Waals surface area contributed by atoms with Crippen molar-refractivity contribution in [2.45, 2.75) is 26.4 Å². The maximum absolute atomic E-state index is 12.9. The van der Waals surface area contributed by atoms with E-state index in [1.165, 1.54) is 6.92 Å². The van der Waals surface area contributed by atoms with Gasteiger partial charge in [-0.25, -0.2) is 4.79 Å². The molecule has 1 aromatic rings. The molecule has 0 saturated heterocycles. The van der Waals surface area contributed by atoms with E-state index >= 15 is 0 Å². The first-order chi connectivity index (χ1) is 12.5. The first kappa shape index (κ1) is 20.8. The van der Waals surface area contributed by atoms with Gasteiger partial charge in [-0.1, -0.05) is 11.6 Å². The van der Waals surface area contributed by atoms with Crippen molar-refractivity contribution in [3.8, 4) is 0 Å². The van der Waals surface area contributed by atoms with Crippen molar-refractivity contribution in [1.29, 1.82) is 0 Å². The third-order valence-corrected chi connectivity index (χ3v) is 4.16. The SMILES string of the molecule is CCOC(=O)C1=C(C)NC(=O)CC1C(=O)Nc1cc(C(F)(F)F)ccc1Cl. The summed E-state index contributed by atoms with van der Waals surface area (Å²) in [7, 11) is 0. The van der Waals surface area contributed by atoms with Crippen LogP contribution in [-0.2, 0) is 25.3 Å². The van der Waals surface area contributed by atoms with Gasteiger partial charge < -0.3 is 15.4 Å². The van der Waals surface area contributed by atoms with Crippen LogP contribution in [0.3, 0.4) is 0 Å². The summed E-state index contributed by atoms with van der Waals surface area (Å²) in [5.41, 5.74) is -1.18. The van der Waals surface area contributed by atoms with Crippen LogP contribution in [0.4, 0.5) is 18.9 Å². The van der Waals surface area contributed by atoms with Crippen LogP contribution in [0.1, 0.15) is 25.8 Å². The van der Waals surface area contributed by atoms with Crippen molar-refractivity contribution in [3.63, 3.8) is 0 Å². The van der Waals surface area contributed by atoms with Crippen molar-refractivity contribution in [1.82, 2.24) is 5.32 Å². The number of carbonyl (C=O) groups excluding carboxylic acids is 3. The van der Waals surface area contributed by atoms with Crippen molar-refractivity contribution in [2.75, 3.05) is 11.9 Å². The second kappa shape index (κ2) is 7.99. The third kappa shape index (κ3) is 4.79. The fourth-order valence-electron chi connectivity index (χ4n) is 2.62. The minimum atomic E-state index is -4.62. The lowest BCUT2D eigenvalue weighted by Crippen LogP contribution is -2.40. The van der Waals surface area contributed by atoms with E-state index in [0.29, 0.717) is 6.07 Å². The highest BCUT2D eigenvalue weighted by molar-refractivity contribution is 6.33. The number of halogens is 4. The Morgan fingerprint density at radius 2 is 2.04 bits per heavy atom. The molecular weight excluding hydrogens is 389 g/mol. The van der Waals surface area contributed by atoms with Gasteiger partial charge in [-0.15, -0.1) is 0 Å². The third-order valence-electron chi connectivity index (χ3n) is 3.83. The summed E-state index contributed by atoms with van der Waals surface area (Å²) in [6.45, 7) is 3.06. The standard InChI is InChI=1S/C17H16ClF3N2O4/c1-3-27-16(26)14-8(2)22-13(24)7-10(14)15(25)23-12-6-9(17(19,20)21)4-5-11(12)18/h4-6,10H,3,7H2,1-2H3,(H,22,24)(H,23,25). The number of alkyl halides is 3. The normalized spacial score (nSPS) is 17.4. The summed E-state index contributed by atoms with van der Waals surface area (Å²) in [5, 5.41) is 4.59. The highest BCUT2D eigenvalue weighted by Gasteiger charge is 2.37. The molecule has 146 valence electrons. The van der Waals surface area contributed by atoms with Gasteiger partial charge in [0.25, 0.3) is 0 Å². The molecule has 0 spiro atoms. The van der Waals surface area contributed by atoms with Crippen LogP contribution in [0.2, 0.25) is 5.02 Å². The van der Waals surface area contributed by atoms with Gasteiger partial charge in [-0.3, -0.25) is 9.59 Å². The summed E-state index contributed by atoms with van der Waals surface area (Å²) in [4.78, 5) is 36.5. The highest BCUT2D eigenvalue weighted by Crippen LogP contribution is 2.34. The predicted octanol–water partition coefficient (Wildman–Crippen LogP) is 3.27. The van der Waals surface area contributed by atoms with E-state index in [4.69, 9.17) is 16.3 Å². The molecule has 0 bridgehead atoms. The second-order valence-corrected chi connectivity index (χ2v) is 6.15. The van der Waals surface area contributed by atoms with Crippen molar-refractivity contribution >= 4 is 35.1 Å². The number of ether oxygens (including phenoxy) is 1. The molecule has 1 heterocycles. The zero-order valence-corrected chi connectivity index (χ0v) is 15.1. The van der Waals surface area contributed by atoms with Gasteiger partial charge in [0, 0.05) is 12.1 Å². The van der Waals surface area contributed by atoms with E-state index in [2.05, 4.69) is 10.6 Å². The number of nitrogens with one attached hydrogen (secondary N) is 2. The summed E-state index contributed by atoms with van der Waals surface area (Å²) < 4.78 is 43.5. The molecule has 0 fully saturated rings. The van der Waals surface area contributed by atoms with Crippen LogP contribution < -0.4 is 10.6 Å². The number of allylic oxidation sites excluding steroid dienone is 1. The molecule has 1 aromatic carbocycles. The van der Waals surface area contributed by atoms with Gasteiger partial charge in [-0.2, -0.15) is 13.2 Å². The van der Waals surface area contributed by atoms with Crippen molar-refractivity contribution in [3.05, 3.63) is 40.1 Å². The van der Waals surface area contributed by atoms with E-state index < -0.39 is 35.4 Å². The molecular formula is C17H16ClF3N2O4. The van der Waals surface area contributed by atoms with Crippen LogP contribution in [0.15, 0.2) is 29.5 Å². The molecule has 0 aromatic heterocycles. The van der Waals surface area contributed by atoms with E-state index in [9.17, 15) is 27.6 Å². The molecule has 1 aliphatic heterocycles. The van der Waals surface area contributed by atoms with Crippen molar-refractivity contribution < 1.29 is 32.3 Å². The molecule has 1 aliphatic rings. The first-order valence-corrected chi connectivity index (χ1v) is 8.27. The largest absolute Gasteiger partial charge is 0.463 e. The first-order valence-electron chi connectivity index (χ1n) is 7.90. The summed E-state index contributed by atoms with van der Waals surface area (Å²) in [5.74, 6) is -3.35. The molecule has 2 rings (SSSR count). The number of benzene rings is 1. The Morgan fingerprint density at radius 1 is 1.37 bits per heavy atom. The Bertz CT molecular complexity index is 821. The smallest absolute Gasteiger partial charge is 0.416 e. The number of amides is 2. The van der Waals surface area contributed by atoms with Crippen molar-refractivity contribution in [2.24, 2.45) is 5.92 Å². The van der Waals surface area contributed by atoms with Crippen LogP contribution in [-0.4, -0.2) is 24.4 Å². The summed E-state index contributed by atoms with van der Waals surface area (Å²) in [6, 6.07) is 2.46. The number of hydrogen-bond donors (Lipinski definition) is 2. The van der Waals surface area contributed by atoms with Crippen LogP contribution in [0, 0.1) is 5.92 Å². The second-order valence-electron chi connectivity index (χ2n) is 5.75. The Labute approximate surface area is 157 Å². The minimum absolute atomic E-state index is 0.0529. The lowest BCUT2D eigenvalue weighted by Gasteiger charge is -2.25. The number of hydrogen-bond acceptors (Lipinski definition) is 4. The number of carbonyl (C=O) groups is 3. The molecule has 10 heteroatoms. The van der Waals surface area contributed by atoms with Gasteiger partial charge in [0.15, 0.2) is 0 Å². The van der Waals surface area contributed by atoms with Crippen LogP contribution in [0.25, 0.3) is 0 Å².